The third-order valence-electron chi connectivity index (χ3n) is 2.93. The Labute approximate surface area is 107 Å². The Morgan fingerprint density at radius 3 is 2.39 bits per heavy atom. The molecule has 1 fully saturated rings. The van der Waals surface area contributed by atoms with Crippen LogP contribution in [0.2, 0.25) is 0 Å². The smallest absolute Gasteiger partial charge is 0.306 e. The number of esters is 1. The first-order valence-corrected chi connectivity index (χ1v) is 7.48. The highest BCUT2D eigenvalue weighted by Crippen LogP contribution is 2.08. The van der Waals surface area contributed by atoms with Crippen LogP contribution in [0.15, 0.2) is 0 Å². The number of piperazine rings is 1. The second-order valence-electron chi connectivity index (χ2n) is 4.11. The third kappa shape index (κ3) is 4.52. The fraction of sp³-hybridized carbons (Fsp3) is 0.900. The number of hydrogen-bond donors (Lipinski definition) is 1. The van der Waals surface area contributed by atoms with Crippen LogP contribution in [0.25, 0.3) is 0 Å². The third-order valence-corrected chi connectivity index (χ3v) is 4.78. The molecular weight excluding hydrogens is 260 g/mol. The van der Waals surface area contributed by atoms with Gasteiger partial charge in [0.15, 0.2) is 0 Å². The van der Waals surface area contributed by atoms with Gasteiger partial charge in [-0.1, -0.05) is 0 Å². The fourth-order valence-electron chi connectivity index (χ4n) is 1.83. The highest BCUT2D eigenvalue weighted by atomic mass is 32.2. The van der Waals surface area contributed by atoms with Gasteiger partial charge in [-0.3, -0.25) is 4.79 Å². The molecule has 0 aliphatic carbocycles. The number of sulfonamides is 1. The fourth-order valence-corrected chi connectivity index (χ4v) is 3.04. The summed E-state index contributed by atoms with van der Waals surface area (Å²) >= 11 is 0. The number of methoxy groups -OCH3 is 1. The van der Waals surface area contributed by atoms with Crippen molar-refractivity contribution in [3.8, 4) is 0 Å². The average Bonchev–Trinajstić information content (AvgIpc) is 2.36. The van der Waals surface area contributed by atoms with Gasteiger partial charge in [-0.2, -0.15) is 4.31 Å². The summed E-state index contributed by atoms with van der Waals surface area (Å²) in [5, 5.41) is 8.69. The summed E-state index contributed by atoms with van der Waals surface area (Å²) in [6.07, 6.45) is 0.319. The number of ether oxygens (including phenoxy) is 1. The van der Waals surface area contributed by atoms with Crippen LogP contribution in [0, 0.1) is 0 Å². The van der Waals surface area contributed by atoms with E-state index < -0.39 is 10.0 Å². The summed E-state index contributed by atoms with van der Waals surface area (Å²) in [5.74, 6) is -0.486. The zero-order chi connectivity index (χ0) is 13.6. The van der Waals surface area contributed by atoms with Crippen molar-refractivity contribution in [2.45, 2.75) is 6.42 Å². The van der Waals surface area contributed by atoms with E-state index in [0.29, 0.717) is 39.1 Å². The Morgan fingerprint density at radius 1 is 1.28 bits per heavy atom. The van der Waals surface area contributed by atoms with Crippen LogP contribution >= 0.6 is 0 Å². The molecule has 1 heterocycles. The molecule has 0 amide bonds. The summed E-state index contributed by atoms with van der Waals surface area (Å²) in [5.41, 5.74) is 0. The monoisotopic (exact) mass is 280 g/mol. The molecule has 106 valence electrons. The summed E-state index contributed by atoms with van der Waals surface area (Å²) in [6.45, 7) is 2.24. The van der Waals surface area contributed by atoms with Crippen molar-refractivity contribution >= 4 is 16.0 Å². The van der Waals surface area contributed by atoms with Crippen molar-refractivity contribution < 1.29 is 23.1 Å². The molecule has 1 aliphatic heterocycles. The van der Waals surface area contributed by atoms with Gasteiger partial charge in [-0.15, -0.1) is 0 Å². The van der Waals surface area contributed by atoms with Crippen molar-refractivity contribution in [1.29, 1.82) is 0 Å². The Hall–Kier alpha value is -0.700. The SMILES string of the molecule is COC(=O)CCN1CCN(S(=O)(=O)CCO)CC1. The largest absolute Gasteiger partial charge is 0.469 e. The molecule has 0 radical (unpaired) electrons. The second-order valence-corrected chi connectivity index (χ2v) is 6.19. The topological polar surface area (TPSA) is 87.2 Å². The molecule has 0 unspecified atom stereocenters. The summed E-state index contributed by atoms with van der Waals surface area (Å²) in [7, 11) is -1.98. The minimum atomic E-state index is -3.33. The normalized spacial score (nSPS) is 18.8. The number of aliphatic hydroxyl groups excluding tert-OH is 1. The number of carbonyl (C=O) groups excluding carboxylic acids is 1. The van der Waals surface area contributed by atoms with E-state index in [1.165, 1.54) is 11.4 Å². The zero-order valence-corrected chi connectivity index (χ0v) is 11.4. The van der Waals surface area contributed by atoms with E-state index in [0.717, 1.165) is 0 Å². The minimum absolute atomic E-state index is 0.227. The van der Waals surface area contributed by atoms with Crippen molar-refractivity contribution in [3.63, 3.8) is 0 Å². The Morgan fingerprint density at radius 2 is 1.89 bits per heavy atom. The quantitative estimate of drug-likeness (QED) is 0.595. The van der Waals surface area contributed by atoms with Crippen LogP contribution in [0.5, 0.6) is 0 Å². The van der Waals surface area contributed by atoms with Gasteiger partial charge < -0.3 is 14.7 Å². The molecule has 8 heteroatoms. The molecule has 1 saturated heterocycles. The van der Waals surface area contributed by atoms with Crippen LogP contribution in [0.3, 0.4) is 0 Å². The van der Waals surface area contributed by atoms with Crippen molar-refractivity contribution in [1.82, 2.24) is 9.21 Å². The number of hydrogen-bond acceptors (Lipinski definition) is 6. The molecule has 0 atom stereocenters. The van der Waals surface area contributed by atoms with Crippen LogP contribution < -0.4 is 0 Å². The van der Waals surface area contributed by atoms with Gasteiger partial charge in [-0.05, 0) is 0 Å². The lowest BCUT2D eigenvalue weighted by Gasteiger charge is -2.33. The summed E-state index contributed by atoms with van der Waals surface area (Å²) < 4.78 is 29.3. The molecule has 1 rings (SSSR count). The first kappa shape index (κ1) is 15.4. The minimum Gasteiger partial charge on any atom is -0.469 e. The van der Waals surface area contributed by atoms with Gasteiger partial charge >= 0.3 is 5.97 Å². The maximum atomic E-state index is 11.7. The highest BCUT2D eigenvalue weighted by molar-refractivity contribution is 7.89. The number of carbonyl (C=O) groups is 1. The molecule has 0 aromatic carbocycles. The summed E-state index contributed by atoms with van der Waals surface area (Å²) in [4.78, 5) is 13.0. The molecule has 1 N–H and O–H groups in total. The molecule has 7 nitrogen and oxygen atoms in total. The van der Waals surface area contributed by atoms with Gasteiger partial charge in [0.05, 0.1) is 25.9 Å². The number of aliphatic hydroxyl groups is 1. The number of nitrogens with zero attached hydrogens (tertiary/aromatic N) is 2. The van der Waals surface area contributed by atoms with Gasteiger partial charge in [0.1, 0.15) is 0 Å². The van der Waals surface area contributed by atoms with Crippen LogP contribution in [-0.2, 0) is 19.6 Å². The number of rotatable bonds is 6. The molecule has 0 spiro atoms. The maximum Gasteiger partial charge on any atom is 0.306 e. The predicted octanol–water partition coefficient (Wildman–Crippen LogP) is -1.51. The van der Waals surface area contributed by atoms with Crippen LogP contribution in [0.4, 0.5) is 0 Å². The van der Waals surface area contributed by atoms with Crippen molar-refractivity contribution in [2.75, 3.05) is 52.2 Å². The lowest BCUT2D eigenvalue weighted by Crippen LogP contribution is -2.49. The Bertz CT molecular complexity index is 362. The molecule has 0 bridgehead atoms. The second kappa shape index (κ2) is 7.03. The Balaban J connectivity index is 2.35. The van der Waals surface area contributed by atoms with E-state index in [1.54, 1.807) is 0 Å². The average molecular weight is 280 g/mol. The first-order chi connectivity index (χ1) is 8.49. The van der Waals surface area contributed by atoms with Gasteiger partial charge in [0.2, 0.25) is 10.0 Å². The molecule has 1 aliphatic rings. The molecule has 0 aromatic rings. The molecule has 0 saturated carbocycles. The van der Waals surface area contributed by atoms with E-state index in [-0.39, 0.29) is 18.3 Å². The molecule has 18 heavy (non-hydrogen) atoms. The van der Waals surface area contributed by atoms with Crippen molar-refractivity contribution in [2.24, 2.45) is 0 Å². The maximum absolute atomic E-state index is 11.7. The van der Waals surface area contributed by atoms with E-state index in [1.807, 2.05) is 4.90 Å². The van der Waals surface area contributed by atoms with Crippen LogP contribution in [-0.4, -0.2) is 80.9 Å². The highest BCUT2D eigenvalue weighted by Gasteiger charge is 2.26. The predicted molar refractivity (Wildman–Crippen MR) is 65.5 cm³/mol. The standard InChI is InChI=1S/C10H20N2O5S/c1-17-10(14)2-3-11-4-6-12(7-5-11)18(15,16)9-8-13/h13H,2-9H2,1H3. The van der Waals surface area contributed by atoms with E-state index >= 15 is 0 Å². The lowest BCUT2D eigenvalue weighted by atomic mass is 10.3. The van der Waals surface area contributed by atoms with E-state index in [2.05, 4.69) is 4.74 Å². The zero-order valence-electron chi connectivity index (χ0n) is 10.5. The van der Waals surface area contributed by atoms with Crippen LogP contribution in [0.1, 0.15) is 6.42 Å². The van der Waals surface area contributed by atoms with Gasteiger partial charge in [0.25, 0.3) is 0 Å². The molecule has 0 aromatic heterocycles. The van der Waals surface area contributed by atoms with E-state index in [4.69, 9.17) is 5.11 Å². The van der Waals surface area contributed by atoms with Gasteiger partial charge in [0, 0.05) is 32.7 Å². The Kier molecular flexibility index (Phi) is 6.00. The first-order valence-electron chi connectivity index (χ1n) is 5.87. The lowest BCUT2D eigenvalue weighted by molar-refractivity contribution is -0.141. The molecular formula is C10H20N2O5S. The summed E-state index contributed by atoms with van der Waals surface area (Å²) in [6, 6.07) is 0. The van der Waals surface area contributed by atoms with E-state index in [9.17, 15) is 13.2 Å². The van der Waals surface area contributed by atoms with Crippen molar-refractivity contribution in [3.05, 3.63) is 0 Å². The van der Waals surface area contributed by atoms with Gasteiger partial charge in [-0.25, -0.2) is 8.42 Å².